The van der Waals surface area contributed by atoms with Gasteiger partial charge in [0.2, 0.25) is 0 Å². The number of hydrogen-bond donors (Lipinski definition) is 1. The smallest absolute Gasteiger partial charge is 0.321 e. The minimum Gasteiger partial charge on any atom is -0.328 e. The summed E-state index contributed by atoms with van der Waals surface area (Å²) in [4.78, 5) is 13.4. The van der Waals surface area contributed by atoms with Gasteiger partial charge in [-0.05, 0) is 24.6 Å². The van der Waals surface area contributed by atoms with Crippen LogP contribution in [0.1, 0.15) is 6.42 Å². The molecule has 6 heteroatoms. The number of nitrogens with one attached hydrogen (secondary N) is 1. The Morgan fingerprint density at radius 1 is 1.35 bits per heavy atom. The molecule has 0 saturated carbocycles. The number of anilines is 1. The minimum atomic E-state index is -0.177. The molecule has 0 saturated heterocycles. The molecule has 0 atom stereocenters. The third-order valence-corrected chi connectivity index (χ3v) is 3.08. The van der Waals surface area contributed by atoms with Crippen LogP contribution in [0.3, 0.4) is 0 Å². The second kappa shape index (κ2) is 7.09. The third kappa shape index (κ3) is 5.15. The first-order valence-electron chi connectivity index (χ1n) is 5.07. The molecule has 3 nitrogen and oxygen atoms in total. The van der Waals surface area contributed by atoms with E-state index in [-0.39, 0.29) is 6.03 Å². The van der Waals surface area contributed by atoms with Crippen molar-refractivity contribution in [2.24, 2.45) is 0 Å². The predicted molar refractivity (Wildman–Crippen MR) is 76.5 cm³/mol. The van der Waals surface area contributed by atoms with Gasteiger partial charge in [0, 0.05) is 34.7 Å². The quantitative estimate of drug-likeness (QED) is 0.817. The fourth-order valence-corrected chi connectivity index (χ4v) is 2.02. The summed E-state index contributed by atoms with van der Waals surface area (Å²) in [5, 5.41) is 4.60. The summed E-state index contributed by atoms with van der Waals surface area (Å²) in [5.41, 5.74) is 0.596. The Morgan fingerprint density at radius 3 is 2.47 bits per heavy atom. The molecule has 0 aromatic heterocycles. The van der Waals surface area contributed by atoms with Gasteiger partial charge in [-0.15, -0.1) is 0 Å². The van der Waals surface area contributed by atoms with Gasteiger partial charge in [-0.2, -0.15) is 0 Å². The van der Waals surface area contributed by atoms with Crippen molar-refractivity contribution in [2.45, 2.75) is 6.42 Å². The average Bonchev–Trinajstić information content (AvgIpc) is 2.24. The zero-order valence-electron chi connectivity index (χ0n) is 9.34. The van der Waals surface area contributed by atoms with E-state index >= 15 is 0 Å². The van der Waals surface area contributed by atoms with Crippen molar-refractivity contribution >= 4 is 50.9 Å². The van der Waals surface area contributed by atoms with Gasteiger partial charge in [0.05, 0.1) is 0 Å². The van der Waals surface area contributed by atoms with Crippen LogP contribution in [0, 0.1) is 0 Å². The highest BCUT2D eigenvalue weighted by Crippen LogP contribution is 2.22. The van der Waals surface area contributed by atoms with Gasteiger partial charge in [0.1, 0.15) is 0 Å². The molecular weight excluding hydrogens is 327 g/mol. The lowest BCUT2D eigenvalue weighted by Gasteiger charge is -2.17. The van der Waals surface area contributed by atoms with E-state index in [1.807, 2.05) is 0 Å². The lowest BCUT2D eigenvalue weighted by Crippen LogP contribution is -2.32. The van der Waals surface area contributed by atoms with Crippen molar-refractivity contribution in [3.8, 4) is 0 Å². The van der Waals surface area contributed by atoms with Crippen LogP contribution in [0.25, 0.3) is 0 Å². The molecular formula is C11H13BrCl2N2O. The van der Waals surface area contributed by atoms with E-state index in [2.05, 4.69) is 21.2 Å². The molecule has 94 valence electrons. The van der Waals surface area contributed by atoms with E-state index in [1.54, 1.807) is 30.1 Å². The van der Waals surface area contributed by atoms with Crippen molar-refractivity contribution in [3.63, 3.8) is 0 Å². The highest BCUT2D eigenvalue weighted by atomic mass is 79.9. The predicted octanol–water partition coefficient (Wildman–Crippen LogP) is 4.24. The highest BCUT2D eigenvalue weighted by molar-refractivity contribution is 9.09. The average molecular weight is 340 g/mol. The van der Waals surface area contributed by atoms with Crippen LogP contribution in [-0.4, -0.2) is 29.9 Å². The topological polar surface area (TPSA) is 32.3 Å². The molecule has 1 rings (SSSR count). The maximum absolute atomic E-state index is 11.8. The van der Waals surface area contributed by atoms with E-state index < -0.39 is 0 Å². The Labute approximate surface area is 119 Å². The number of halogens is 3. The molecule has 0 bridgehead atoms. The largest absolute Gasteiger partial charge is 0.328 e. The maximum atomic E-state index is 11.8. The number of nitrogens with zero attached hydrogens (tertiary/aromatic N) is 1. The van der Waals surface area contributed by atoms with Crippen LogP contribution in [0.4, 0.5) is 10.5 Å². The van der Waals surface area contributed by atoms with Crippen LogP contribution in [0.15, 0.2) is 18.2 Å². The second-order valence-corrected chi connectivity index (χ2v) is 5.22. The number of benzene rings is 1. The molecule has 0 heterocycles. The van der Waals surface area contributed by atoms with Crippen molar-refractivity contribution in [2.75, 3.05) is 24.2 Å². The van der Waals surface area contributed by atoms with E-state index in [0.29, 0.717) is 22.3 Å². The van der Waals surface area contributed by atoms with Gasteiger partial charge in [-0.1, -0.05) is 39.1 Å². The van der Waals surface area contributed by atoms with Crippen molar-refractivity contribution < 1.29 is 4.79 Å². The Balaban J connectivity index is 2.61. The molecule has 1 N–H and O–H groups in total. The summed E-state index contributed by atoms with van der Waals surface area (Å²) in [6.07, 6.45) is 0.903. The molecule has 0 fully saturated rings. The number of carbonyl (C=O) groups excluding carboxylic acids is 1. The molecule has 0 spiro atoms. The summed E-state index contributed by atoms with van der Waals surface area (Å²) < 4.78 is 0. The summed E-state index contributed by atoms with van der Waals surface area (Å²) in [5.74, 6) is 0. The van der Waals surface area contributed by atoms with Crippen LogP contribution in [0.5, 0.6) is 0 Å². The Bertz CT molecular complexity index is 381. The lowest BCUT2D eigenvalue weighted by molar-refractivity contribution is 0.222. The normalized spacial score (nSPS) is 10.1. The molecule has 0 aliphatic carbocycles. The monoisotopic (exact) mass is 338 g/mol. The molecule has 1 aromatic carbocycles. The summed E-state index contributed by atoms with van der Waals surface area (Å²) in [6.45, 7) is 0.686. The fourth-order valence-electron chi connectivity index (χ4n) is 1.24. The van der Waals surface area contributed by atoms with Crippen LogP contribution >= 0.6 is 39.1 Å². The van der Waals surface area contributed by atoms with Gasteiger partial charge >= 0.3 is 6.03 Å². The first-order valence-corrected chi connectivity index (χ1v) is 6.95. The molecule has 0 aliphatic heterocycles. The Morgan fingerprint density at radius 2 is 1.94 bits per heavy atom. The Hall–Kier alpha value is -0.450. The minimum absolute atomic E-state index is 0.177. The van der Waals surface area contributed by atoms with E-state index in [9.17, 15) is 4.79 Å². The van der Waals surface area contributed by atoms with Gasteiger partial charge in [0.25, 0.3) is 0 Å². The lowest BCUT2D eigenvalue weighted by atomic mass is 10.3. The SMILES string of the molecule is CN(CCCBr)C(=O)Nc1cc(Cl)cc(Cl)c1. The standard InChI is InChI=1S/C11H13BrCl2N2O/c1-16(4-2-3-12)11(17)15-10-6-8(13)5-9(14)7-10/h5-7H,2-4H2,1H3,(H,15,17). The van der Waals surface area contributed by atoms with Gasteiger partial charge < -0.3 is 10.2 Å². The molecule has 0 radical (unpaired) electrons. The van der Waals surface area contributed by atoms with Crippen LogP contribution in [0.2, 0.25) is 10.0 Å². The second-order valence-electron chi connectivity index (χ2n) is 3.55. The van der Waals surface area contributed by atoms with E-state index in [1.165, 1.54) is 0 Å². The van der Waals surface area contributed by atoms with Crippen LogP contribution < -0.4 is 5.32 Å². The molecule has 1 aromatic rings. The molecule has 2 amide bonds. The zero-order valence-corrected chi connectivity index (χ0v) is 12.4. The molecule has 17 heavy (non-hydrogen) atoms. The summed E-state index contributed by atoms with van der Waals surface area (Å²) in [7, 11) is 1.74. The van der Waals surface area contributed by atoms with Crippen molar-refractivity contribution in [1.29, 1.82) is 0 Å². The first-order chi connectivity index (χ1) is 8.02. The van der Waals surface area contributed by atoms with E-state index in [0.717, 1.165) is 11.8 Å². The van der Waals surface area contributed by atoms with Gasteiger partial charge in [-0.25, -0.2) is 4.79 Å². The maximum Gasteiger partial charge on any atom is 0.321 e. The number of hydrogen-bond acceptors (Lipinski definition) is 1. The number of amides is 2. The van der Waals surface area contributed by atoms with Crippen molar-refractivity contribution in [3.05, 3.63) is 28.2 Å². The summed E-state index contributed by atoms with van der Waals surface area (Å²) >= 11 is 15.0. The number of carbonyl (C=O) groups is 1. The first kappa shape index (κ1) is 14.6. The summed E-state index contributed by atoms with van der Waals surface area (Å²) in [6, 6.07) is 4.75. The van der Waals surface area contributed by atoms with Gasteiger partial charge in [0.15, 0.2) is 0 Å². The van der Waals surface area contributed by atoms with Crippen molar-refractivity contribution in [1.82, 2.24) is 4.90 Å². The third-order valence-electron chi connectivity index (χ3n) is 2.09. The zero-order chi connectivity index (χ0) is 12.8. The Kier molecular flexibility index (Phi) is 6.09. The number of rotatable bonds is 4. The molecule has 0 unspecified atom stereocenters. The fraction of sp³-hybridized carbons (Fsp3) is 0.364. The molecule has 0 aliphatic rings. The van der Waals surface area contributed by atoms with Crippen LogP contribution in [-0.2, 0) is 0 Å². The number of alkyl halides is 1. The number of urea groups is 1. The highest BCUT2D eigenvalue weighted by Gasteiger charge is 2.08. The van der Waals surface area contributed by atoms with Gasteiger partial charge in [-0.3, -0.25) is 0 Å². The van der Waals surface area contributed by atoms with E-state index in [4.69, 9.17) is 23.2 Å².